The third kappa shape index (κ3) is 5.70. The van der Waals surface area contributed by atoms with Crippen molar-refractivity contribution in [2.75, 3.05) is 11.9 Å². The van der Waals surface area contributed by atoms with Gasteiger partial charge in [-0.05, 0) is 42.0 Å². The number of nitriles is 1. The van der Waals surface area contributed by atoms with E-state index in [1.54, 1.807) is 48.5 Å². The highest BCUT2D eigenvalue weighted by Crippen LogP contribution is 2.22. The molecule has 35 heavy (non-hydrogen) atoms. The van der Waals surface area contributed by atoms with Crippen molar-refractivity contribution in [1.29, 1.82) is 5.26 Å². The van der Waals surface area contributed by atoms with Gasteiger partial charge in [-0.3, -0.25) is 4.57 Å². The van der Waals surface area contributed by atoms with Crippen molar-refractivity contribution in [3.63, 3.8) is 0 Å². The van der Waals surface area contributed by atoms with Gasteiger partial charge in [0.05, 0.1) is 32.1 Å². The summed E-state index contributed by atoms with van der Waals surface area (Å²) in [6.07, 6.45) is 2.64. The fourth-order valence-electron chi connectivity index (χ4n) is 3.11. The Morgan fingerprint density at radius 3 is 2.40 bits per heavy atom. The van der Waals surface area contributed by atoms with Gasteiger partial charge >= 0.3 is 11.4 Å². The van der Waals surface area contributed by atoms with Crippen molar-refractivity contribution in [3.8, 4) is 17.7 Å². The lowest BCUT2D eigenvalue weighted by molar-refractivity contribution is 0.268. The van der Waals surface area contributed by atoms with Gasteiger partial charge < -0.3 is 15.2 Å². The van der Waals surface area contributed by atoms with Crippen LogP contribution >= 0.6 is 11.6 Å². The molecule has 0 fully saturated rings. The summed E-state index contributed by atoms with van der Waals surface area (Å²) < 4.78 is 7.78. The van der Waals surface area contributed by atoms with Crippen molar-refractivity contribution in [3.05, 3.63) is 98.2 Å². The van der Waals surface area contributed by atoms with Gasteiger partial charge in [-0.15, -0.1) is 0 Å². The lowest BCUT2D eigenvalue weighted by Crippen LogP contribution is -2.43. The Hall–Kier alpha value is -4.53. The zero-order chi connectivity index (χ0) is 24.8. The number of halogens is 1. The van der Waals surface area contributed by atoms with E-state index in [2.05, 4.69) is 20.3 Å². The Labute approximate surface area is 203 Å². The Morgan fingerprint density at radius 1 is 1.03 bits per heavy atom. The number of hydrogen-bond donors (Lipinski definition) is 2. The van der Waals surface area contributed by atoms with Gasteiger partial charge in [0.15, 0.2) is 5.69 Å². The van der Waals surface area contributed by atoms with E-state index in [-0.39, 0.29) is 37.2 Å². The second-order valence-corrected chi connectivity index (χ2v) is 7.63. The second-order valence-electron chi connectivity index (χ2n) is 7.19. The van der Waals surface area contributed by atoms with Gasteiger partial charge in [-0.25, -0.2) is 24.1 Å². The number of aliphatic hydroxyl groups excluding tert-OH is 1. The lowest BCUT2D eigenvalue weighted by atomic mass is 10.2. The van der Waals surface area contributed by atoms with Crippen LogP contribution in [-0.4, -0.2) is 35.8 Å². The van der Waals surface area contributed by atoms with Crippen molar-refractivity contribution >= 4 is 23.2 Å². The van der Waals surface area contributed by atoms with Crippen molar-refractivity contribution < 1.29 is 9.84 Å². The molecule has 11 nitrogen and oxygen atoms in total. The van der Waals surface area contributed by atoms with Crippen LogP contribution in [0.5, 0.6) is 11.6 Å². The number of anilines is 2. The Morgan fingerprint density at radius 2 is 1.77 bits per heavy atom. The Bertz CT molecular complexity index is 1480. The third-order valence-corrected chi connectivity index (χ3v) is 5.06. The molecular formula is C23H18ClN7O4. The summed E-state index contributed by atoms with van der Waals surface area (Å²) in [5.41, 5.74) is 0.0891. The monoisotopic (exact) mass is 491 g/mol. The minimum absolute atomic E-state index is 0.0377. The minimum Gasteiger partial charge on any atom is -0.438 e. The number of aromatic nitrogens is 5. The largest absolute Gasteiger partial charge is 0.438 e. The zero-order valence-corrected chi connectivity index (χ0v) is 18.9. The quantitative estimate of drug-likeness (QED) is 0.378. The molecule has 12 heteroatoms. The molecule has 0 atom stereocenters. The SMILES string of the molecule is N#Cc1cnc(Oc2ccc(Nc3nc(=O)n(CCO)c(=O)n3Cc3ccc(Cl)cc3)cc2)cn1. The predicted molar refractivity (Wildman–Crippen MR) is 127 cm³/mol. The van der Waals surface area contributed by atoms with Crippen LogP contribution in [-0.2, 0) is 13.1 Å². The smallest absolute Gasteiger partial charge is 0.355 e. The van der Waals surface area contributed by atoms with Crippen molar-refractivity contribution in [2.24, 2.45) is 0 Å². The molecule has 0 unspecified atom stereocenters. The number of nitrogens with one attached hydrogen (secondary N) is 1. The summed E-state index contributed by atoms with van der Waals surface area (Å²) in [5.74, 6) is 0.714. The van der Waals surface area contributed by atoms with Gasteiger partial charge in [-0.2, -0.15) is 10.2 Å². The molecular weight excluding hydrogens is 474 g/mol. The van der Waals surface area contributed by atoms with Crippen LogP contribution < -0.4 is 21.4 Å². The molecule has 0 radical (unpaired) electrons. The van der Waals surface area contributed by atoms with Gasteiger partial charge in [0.25, 0.3) is 0 Å². The molecule has 0 amide bonds. The molecule has 0 aliphatic heterocycles. The van der Waals surface area contributed by atoms with E-state index in [0.29, 0.717) is 16.5 Å². The van der Waals surface area contributed by atoms with E-state index in [4.69, 9.17) is 21.6 Å². The average molecular weight is 492 g/mol. The molecule has 176 valence electrons. The molecule has 4 rings (SSSR count). The van der Waals surface area contributed by atoms with E-state index < -0.39 is 11.4 Å². The number of aliphatic hydroxyl groups is 1. The molecule has 0 bridgehead atoms. The van der Waals surface area contributed by atoms with Gasteiger partial charge in [-0.1, -0.05) is 23.7 Å². The fourth-order valence-corrected chi connectivity index (χ4v) is 3.24. The first-order valence-electron chi connectivity index (χ1n) is 10.3. The third-order valence-electron chi connectivity index (χ3n) is 4.80. The highest BCUT2D eigenvalue weighted by atomic mass is 35.5. The van der Waals surface area contributed by atoms with E-state index in [0.717, 1.165) is 10.1 Å². The maximum absolute atomic E-state index is 13.0. The van der Waals surface area contributed by atoms with Crippen LogP contribution in [0, 0.1) is 11.3 Å². The molecule has 0 saturated heterocycles. The summed E-state index contributed by atoms with van der Waals surface area (Å²) in [7, 11) is 0. The first-order valence-corrected chi connectivity index (χ1v) is 10.7. The van der Waals surface area contributed by atoms with Crippen LogP contribution in [0.15, 0.2) is 70.5 Å². The first kappa shape index (κ1) is 23.6. The summed E-state index contributed by atoms with van der Waals surface area (Å²) in [4.78, 5) is 37.3. The number of benzene rings is 2. The molecule has 0 aliphatic rings. The van der Waals surface area contributed by atoms with E-state index in [1.807, 2.05) is 6.07 Å². The maximum atomic E-state index is 13.0. The average Bonchev–Trinajstić information content (AvgIpc) is 2.87. The topological polar surface area (TPSA) is 148 Å². The lowest BCUT2D eigenvalue weighted by Gasteiger charge is -2.15. The minimum atomic E-state index is -0.779. The Kier molecular flexibility index (Phi) is 7.15. The summed E-state index contributed by atoms with van der Waals surface area (Å²) >= 11 is 5.95. The van der Waals surface area contributed by atoms with Crippen LogP contribution in [0.3, 0.4) is 0 Å². The molecule has 2 aromatic carbocycles. The molecule has 4 aromatic rings. The normalized spacial score (nSPS) is 10.5. The van der Waals surface area contributed by atoms with Gasteiger partial charge in [0, 0.05) is 10.7 Å². The van der Waals surface area contributed by atoms with Crippen LogP contribution in [0.4, 0.5) is 11.6 Å². The molecule has 0 aliphatic carbocycles. The second kappa shape index (κ2) is 10.6. The molecule has 2 N–H and O–H groups in total. The summed E-state index contributed by atoms with van der Waals surface area (Å²) in [5, 5.41) is 21.6. The fraction of sp³-hybridized carbons (Fsp3) is 0.130. The molecule has 0 saturated carbocycles. The number of rotatable bonds is 8. The Balaban J connectivity index is 1.60. The predicted octanol–water partition coefficient (Wildman–Crippen LogP) is 2.30. The molecule has 0 spiro atoms. The summed E-state index contributed by atoms with van der Waals surface area (Å²) in [6, 6.07) is 15.4. The van der Waals surface area contributed by atoms with Crippen LogP contribution in [0.25, 0.3) is 0 Å². The van der Waals surface area contributed by atoms with Gasteiger partial charge in [0.2, 0.25) is 11.8 Å². The van der Waals surface area contributed by atoms with Crippen molar-refractivity contribution in [2.45, 2.75) is 13.1 Å². The van der Waals surface area contributed by atoms with Gasteiger partial charge in [0.1, 0.15) is 11.8 Å². The zero-order valence-electron chi connectivity index (χ0n) is 18.1. The number of hydrogen-bond acceptors (Lipinski definition) is 9. The van der Waals surface area contributed by atoms with Crippen molar-refractivity contribution in [1.82, 2.24) is 24.1 Å². The van der Waals surface area contributed by atoms with E-state index in [9.17, 15) is 14.7 Å². The highest BCUT2D eigenvalue weighted by Gasteiger charge is 2.14. The maximum Gasteiger partial charge on any atom is 0.355 e. The first-order chi connectivity index (χ1) is 17.0. The van der Waals surface area contributed by atoms with Crippen LogP contribution in [0.2, 0.25) is 5.02 Å². The number of ether oxygens (including phenoxy) is 1. The molecule has 2 aromatic heterocycles. The standard InChI is InChI=1S/C23H18ClN7O4/c24-16-3-1-15(2-4-16)14-31-21(29-22(33)30(9-10-32)23(31)34)28-17-5-7-19(8-6-17)35-20-13-26-18(11-25)12-27-20/h1-8,12-13,32H,9-10,14H2,(H,28,29,33). The van der Waals surface area contributed by atoms with E-state index in [1.165, 1.54) is 17.0 Å². The highest BCUT2D eigenvalue weighted by molar-refractivity contribution is 6.30. The van der Waals surface area contributed by atoms with E-state index >= 15 is 0 Å². The van der Waals surface area contributed by atoms with Crippen LogP contribution in [0.1, 0.15) is 11.3 Å². The number of nitrogens with zero attached hydrogens (tertiary/aromatic N) is 6. The summed E-state index contributed by atoms with van der Waals surface area (Å²) in [6.45, 7) is -0.429. The molecule has 2 heterocycles.